The molecule has 2 aromatic carbocycles. The van der Waals surface area contributed by atoms with Crippen molar-refractivity contribution in [3.8, 4) is 11.5 Å². The van der Waals surface area contributed by atoms with Gasteiger partial charge in [-0.3, -0.25) is 9.59 Å². The van der Waals surface area contributed by atoms with Gasteiger partial charge in [-0.2, -0.15) is 4.31 Å². The monoisotopic (exact) mass is 489 g/mol. The van der Waals surface area contributed by atoms with Gasteiger partial charge in [0.1, 0.15) is 0 Å². The molecule has 1 aliphatic rings. The van der Waals surface area contributed by atoms with Crippen molar-refractivity contribution in [2.75, 3.05) is 39.2 Å². The lowest BCUT2D eigenvalue weighted by atomic mass is 9.97. The second-order valence-electron chi connectivity index (χ2n) is 8.07. The molecule has 0 saturated carbocycles. The number of hydrogen-bond donors (Lipinski definition) is 2. The van der Waals surface area contributed by atoms with E-state index in [4.69, 9.17) is 9.47 Å². The van der Waals surface area contributed by atoms with E-state index < -0.39 is 10.0 Å². The first kappa shape index (κ1) is 25.5. The van der Waals surface area contributed by atoms with Crippen molar-refractivity contribution < 1.29 is 27.5 Å². The standard InChI is InChI=1S/C24H31N3O6S/c1-5-25-23(28)18-7-6-16(2)20(14-18)26-24(29)17-10-12-27(13-11-17)34(30,31)19-8-9-21(32-3)22(15-19)33-4/h6-9,14-15,17H,5,10-13H2,1-4H3,(H,25,28)(H,26,29). The summed E-state index contributed by atoms with van der Waals surface area (Å²) in [6.45, 7) is 4.67. The molecule has 34 heavy (non-hydrogen) atoms. The number of amides is 2. The van der Waals surface area contributed by atoms with Crippen molar-refractivity contribution in [3.63, 3.8) is 0 Å². The minimum atomic E-state index is -3.73. The molecular weight excluding hydrogens is 458 g/mol. The number of hydrogen-bond acceptors (Lipinski definition) is 6. The number of ether oxygens (including phenoxy) is 2. The molecule has 0 atom stereocenters. The lowest BCUT2D eigenvalue weighted by molar-refractivity contribution is -0.120. The van der Waals surface area contributed by atoms with Gasteiger partial charge >= 0.3 is 0 Å². The summed E-state index contributed by atoms with van der Waals surface area (Å²) >= 11 is 0. The third kappa shape index (κ3) is 5.51. The Balaban J connectivity index is 1.66. The Labute approximate surface area is 200 Å². The molecule has 0 spiro atoms. The van der Waals surface area contributed by atoms with Crippen molar-refractivity contribution in [2.45, 2.75) is 31.6 Å². The number of anilines is 1. The fourth-order valence-corrected chi connectivity index (χ4v) is 5.37. The van der Waals surface area contributed by atoms with E-state index in [9.17, 15) is 18.0 Å². The quantitative estimate of drug-likeness (QED) is 0.589. The Kier molecular flexibility index (Phi) is 8.16. The molecule has 0 bridgehead atoms. The van der Waals surface area contributed by atoms with Crippen molar-refractivity contribution in [1.82, 2.24) is 9.62 Å². The average molecular weight is 490 g/mol. The van der Waals surface area contributed by atoms with Crippen LogP contribution in [0, 0.1) is 12.8 Å². The molecule has 2 aromatic rings. The maximum Gasteiger partial charge on any atom is 0.251 e. The molecule has 1 fully saturated rings. The number of carbonyl (C=O) groups excluding carboxylic acids is 2. The van der Waals surface area contributed by atoms with Gasteiger partial charge in [0, 0.05) is 42.9 Å². The van der Waals surface area contributed by atoms with Crippen molar-refractivity contribution in [2.24, 2.45) is 5.92 Å². The van der Waals surface area contributed by atoms with Crippen LogP contribution in [0.3, 0.4) is 0 Å². The highest BCUT2D eigenvalue weighted by atomic mass is 32.2. The molecule has 10 heteroatoms. The second kappa shape index (κ2) is 10.9. The van der Waals surface area contributed by atoms with Gasteiger partial charge in [-0.05, 0) is 56.5 Å². The van der Waals surface area contributed by atoms with E-state index in [0.717, 1.165) is 5.56 Å². The predicted molar refractivity (Wildman–Crippen MR) is 129 cm³/mol. The molecule has 184 valence electrons. The summed E-state index contributed by atoms with van der Waals surface area (Å²) in [5.74, 6) is 0.0711. The van der Waals surface area contributed by atoms with Crippen molar-refractivity contribution in [3.05, 3.63) is 47.5 Å². The zero-order chi connectivity index (χ0) is 24.9. The Morgan fingerprint density at radius 2 is 1.71 bits per heavy atom. The lowest BCUT2D eigenvalue weighted by Gasteiger charge is -2.30. The minimum absolute atomic E-state index is 0.117. The molecule has 1 saturated heterocycles. The smallest absolute Gasteiger partial charge is 0.251 e. The number of rotatable bonds is 8. The van der Waals surface area contributed by atoms with E-state index >= 15 is 0 Å². The van der Waals surface area contributed by atoms with Crippen LogP contribution in [0.1, 0.15) is 35.7 Å². The number of carbonyl (C=O) groups is 2. The van der Waals surface area contributed by atoms with Gasteiger partial charge in [0.2, 0.25) is 15.9 Å². The van der Waals surface area contributed by atoms with Crippen LogP contribution in [0.5, 0.6) is 11.5 Å². The van der Waals surface area contributed by atoms with Crippen molar-refractivity contribution in [1.29, 1.82) is 0 Å². The number of nitrogens with one attached hydrogen (secondary N) is 2. The van der Waals surface area contributed by atoms with E-state index in [-0.39, 0.29) is 35.7 Å². The van der Waals surface area contributed by atoms with E-state index in [1.807, 2.05) is 13.8 Å². The van der Waals surface area contributed by atoms with Crippen LogP contribution < -0.4 is 20.1 Å². The minimum Gasteiger partial charge on any atom is -0.493 e. The molecule has 0 radical (unpaired) electrons. The van der Waals surface area contributed by atoms with Crippen LogP contribution in [-0.4, -0.2) is 58.4 Å². The second-order valence-corrected chi connectivity index (χ2v) is 10.0. The Morgan fingerprint density at radius 1 is 1.03 bits per heavy atom. The van der Waals surface area contributed by atoms with Gasteiger partial charge in [0.25, 0.3) is 5.91 Å². The van der Waals surface area contributed by atoms with E-state index in [1.165, 1.54) is 30.7 Å². The number of nitrogens with zero attached hydrogens (tertiary/aromatic N) is 1. The molecule has 0 aromatic heterocycles. The molecule has 0 aliphatic carbocycles. The van der Waals surface area contributed by atoms with E-state index in [2.05, 4.69) is 10.6 Å². The van der Waals surface area contributed by atoms with Gasteiger partial charge in [-0.1, -0.05) is 6.07 Å². The average Bonchev–Trinajstić information content (AvgIpc) is 2.85. The fourth-order valence-electron chi connectivity index (χ4n) is 3.88. The topological polar surface area (TPSA) is 114 Å². The number of piperidine rings is 1. The first-order valence-corrected chi connectivity index (χ1v) is 12.6. The van der Waals surface area contributed by atoms with Gasteiger partial charge in [0.15, 0.2) is 11.5 Å². The lowest BCUT2D eigenvalue weighted by Crippen LogP contribution is -2.41. The van der Waals surface area contributed by atoms with E-state index in [1.54, 1.807) is 24.3 Å². The molecule has 0 unspecified atom stereocenters. The van der Waals surface area contributed by atoms with E-state index in [0.29, 0.717) is 42.1 Å². The molecule has 1 aliphatic heterocycles. The normalized spacial score (nSPS) is 14.9. The molecule has 1 heterocycles. The summed E-state index contributed by atoms with van der Waals surface area (Å²) in [6.07, 6.45) is 0.792. The summed E-state index contributed by atoms with van der Waals surface area (Å²) in [4.78, 5) is 25.1. The zero-order valence-corrected chi connectivity index (χ0v) is 20.7. The Morgan fingerprint density at radius 3 is 2.32 bits per heavy atom. The molecule has 3 rings (SSSR count). The van der Waals surface area contributed by atoms with Crippen LogP contribution in [0.15, 0.2) is 41.3 Å². The Hall–Kier alpha value is -3.11. The predicted octanol–water partition coefficient (Wildman–Crippen LogP) is 2.80. The maximum atomic E-state index is 13.1. The van der Waals surface area contributed by atoms with Crippen LogP contribution in [0.4, 0.5) is 5.69 Å². The summed E-state index contributed by atoms with van der Waals surface area (Å²) in [6, 6.07) is 9.65. The number of sulfonamides is 1. The van der Waals surface area contributed by atoms with Crippen molar-refractivity contribution >= 4 is 27.5 Å². The first-order valence-electron chi connectivity index (χ1n) is 11.1. The number of benzene rings is 2. The van der Waals surface area contributed by atoms with Crippen LogP contribution >= 0.6 is 0 Å². The summed E-state index contributed by atoms with van der Waals surface area (Å²) < 4.78 is 38.0. The third-order valence-electron chi connectivity index (χ3n) is 5.91. The third-order valence-corrected chi connectivity index (χ3v) is 7.81. The van der Waals surface area contributed by atoms with Gasteiger partial charge in [-0.15, -0.1) is 0 Å². The Bertz CT molecular complexity index is 1160. The van der Waals surface area contributed by atoms with Crippen LogP contribution in [0.2, 0.25) is 0 Å². The zero-order valence-electron chi connectivity index (χ0n) is 19.9. The summed E-state index contributed by atoms with van der Waals surface area (Å²) in [5.41, 5.74) is 1.89. The van der Waals surface area contributed by atoms with Gasteiger partial charge in [0.05, 0.1) is 19.1 Å². The molecular formula is C24H31N3O6S. The molecule has 2 amide bonds. The first-order chi connectivity index (χ1) is 16.2. The molecule has 9 nitrogen and oxygen atoms in total. The van der Waals surface area contributed by atoms with Gasteiger partial charge in [-0.25, -0.2) is 8.42 Å². The molecule has 2 N–H and O–H groups in total. The van der Waals surface area contributed by atoms with Gasteiger partial charge < -0.3 is 20.1 Å². The number of methoxy groups -OCH3 is 2. The summed E-state index contributed by atoms with van der Waals surface area (Å²) in [5, 5.41) is 5.66. The SMILES string of the molecule is CCNC(=O)c1ccc(C)c(NC(=O)C2CCN(S(=O)(=O)c3ccc(OC)c(OC)c3)CC2)c1. The highest BCUT2D eigenvalue weighted by molar-refractivity contribution is 7.89. The maximum absolute atomic E-state index is 13.1. The van der Waals surface area contributed by atoms with Crippen LogP contribution in [-0.2, 0) is 14.8 Å². The van der Waals surface area contributed by atoms with Crippen LogP contribution in [0.25, 0.3) is 0 Å². The summed E-state index contributed by atoms with van der Waals surface area (Å²) in [7, 11) is -0.797. The largest absolute Gasteiger partial charge is 0.493 e. The number of aryl methyl sites for hydroxylation is 1. The highest BCUT2D eigenvalue weighted by Crippen LogP contribution is 2.32. The fraction of sp³-hybridized carbons (Fsp3) is 0.417. The highest BCUT2D eigenvalue weighted by Gasteiger charge is 2.32.